The first-order valence-corrected chi connectivity index (χ1v) is 12.6. The zero-order valence-corrected chi connectivity index (χ0v) is 20.9. The second kappa shape index (κ2) is 10.0. The van der Waals surface area contributed by atoms with Gasteiger partial charge in [0.15, 0.2) is 0 Å². The highest BCUT2D eigenvalue weighted by Crippen LogP contribution is 2.45. The van der Waals surface area contributed by atoms with Crippen LogP contribution in [0.3, 0.4) is 0 Å². The quantitative estimate of drug-likeness (QED) is 0.175. The van der Waals surface area contributed by atoms with Crippen LogP contribution in [0.1, 0.15) is 0 Å². The van der Waals surface area contributed by atoms with E-state index in [1.807, 2.05) is 54.6 Å². The first kappa shape index (κ1) is 23.2. The second-order valence-electron chi connectivity index (χ2n) is 9.30. The molecule has 38 heavy (non-hydrogen) atoms. The lowest BCUT2D eigenvalue weighted by molar-refractivity contribution is 1.49. The van der Waals surface area contributed by atoms with Crippen molar-refractivity contribution in [3.05, 3.63) is 133 Å². The van der Waals surface area contributed by atoms with Crippen molar-refractivity contribution < 1.29 is 0 Å². The predicted molar refractivity (Wildman–Crippen MR) is 163 cm³/mol. The van der Waals surface area contributed by atoms with Gasteiger partial charge in [0, 0.05) is 33.9 Å². The number of nitrogens with one attached hydrogen (secondary N) is 2. The summed E-state index contributed by atoms with van der Waals surface area (Å²) in [5.41, 5.74) is 21.7. The molecule has 6 N–H and O–H groups in total. The van der Waals surface area contributed by atoms with Gasteiger partial charge in [0.05, 0.1) is 11.4 Å². The van der Waals surface area contributed by atoms with Crippen molar-refractivity contribution in [2.45, 2.75) is 0 Å². The minimum absolute atomic E-state index is 0.725. The second-order valence-corrected chi connectivity index (χ2v) is 9.30. The zero-order valence-electron chi connectivity index (χ0n) is 20.9. The highest BCUT2D eigenvalue weighted by atomic mass is 15.0. The van der Waals surface area contributed by atoms with Gasteiger partial charge in [0.1, 0.15) is 0 Å². The van der Waals surface area contributed by atoms with Gasteiger partial charge in [-0.2, -0.15) is 0 Å². The van der Waals surface area contributed by atoms with Crippen LogP contribution in [0.4, 0.5) is 34.1 Å². The van der Waals surface area contributed by atoms with Crippen LogP contribution in [0.15, 0.2) is 133 Å². The van der Waals surface area contributed by atoms with Crippen molar-refractivity contribution in [2.75, 3.05) is 22.1 Å². The molecular formula is C34H28N4. The van der Waals surface area contributed by atoms with Crippen molar-refractivity contribution in [1.82, 2.24) is 0 Å². The Labute approximate surface area is 222 Å². The molecule has 0 fully saturated rings. The number of nitrogen functional groups attached to an aromatic ring is 2. The topological polar surface area (TPSA) is 76.1 Å². The largest absolute Gasteiger partial charge is 0.399 e. The van der Waals surface area contributed by atoms with Crippen LogP contribution in [0.25, 0.3) is 33.0 Å². The fourth-order valence-corrected chi connectivity index (χ4v) is 4.83. The molecule has 0 amide bonds. The average Bonchev–Trinajstić information content (AvgIpc) is 2.96. The minimum Gasteiger partial charge on any atom is -0.399 e. The van der Waals surface area contributed by atoms with E-state index in [9.17, 15) is 0 Å². The lowest BCUT2D eigenvalue weighted by Gasteiger charge is -2.23. The van der Waals surface area contributed by atoms with E-state index in [0.717, 1.165) is 56.4 Å². The molecule has 0 aliphatic carbocycles. The molecule has 6 rings (SSSR count). The fraction of sp³-hybridized carbons (Fsp3) is 0. The maximum absolute atomic E-state index is 6.00. The van der Waals surface area contributed by atoms with Crippen LogP contribution >= 0.6 is 0 Å². The lowest BCUT2D eigenvalue weighted by atomic mass is 9.92. The van der Waals surface area contributed by atoms with Crippen LogP contribution < -0.4 is 22.1 Å². The van der Waals surface area contributed by atoms with Gasteiger partial charge in [-0.25, -0.2) is 0 Å². The van der Waals surface area contributed by atoms with Gasteiger partial charge in [0.25, 0.3) is 0 Å². The number of hydrogen-bond acceptors (Lipinski definition) is 4. The molecule has 4 heteroatoms. The first-order chi connectivity index (χ1) is 18.7. The third kappa shape index (κ3) is 4.63. The number of anilines is 6. The zero-order chi connectivity index (χ0) is 25.9. The minimum atomic E-state index is 0.725. The number of rotatable bonds is 6. The Morgan fingerprint density at radius 3 is 1.58 bits per heavy atom. The van der Waals surface area contributed by atoms with Gasteiger partial charge < -0.3 is 22.1 Å². The molecule has 6 aromatic rings. The Morgan fingerprint density at radius 1 is 0.395 bits per heavy atom. The molecule has 0 atom stereocenters. The average molecular weight is 493 g/mol. The molecule has 0 spiro atoms. The van der Waals surface area contributed by atoms with Gasteiger partial charge in [-0.3, -0.25) is 0 Å². The van der Waals surface area contributed by atoms with Crippen molar-refractivity contribution in [2.24, 2.45) is 0 Å². The Morgan fingerprint density at radius 2 is 0.921 bits per heavy atom. The Bertz CT molecular complexity index is 1700. The molecule has 184 valence electrons. The van der Waals surface area contributed by atoms with Crippen LogP contribution in [0.5, 0.6) is 0 Å². The smallest absolute Gasteiger partial charge is 0.0709 e. The van der Waals surface area contributed by atoms with Crippen molar-refractivity contribution >= 4 is 44.9 Å². The summed E-state index contributed by atoms with van der Waals surface area (Å²) in [6.45, 7) is 0. The molecular weight excluding hydrogens is 464 g/mol. The van der Waals surface area contributed by atoms with E-state index in [1.54, 1.807) is 0 Å². The Kier molecular flexibility index (Phi) is 6.12. The number of hydrogen-bond donors (Lipinski definition) is 4. The summed E-state index contributed by atoms with van der Waals surface area (Å²) in [6, 6.07) is 45.4. The molecule has 0 saturated heterocycles. The third-order valence-corrected chi connectivity index (χ3v) is 6.73. The Balaban J connectivity index is 1.63. The van der Waals surface area contributed by atoms with Crippen LogP contribution in [-0.2, 0) is 0 Å². The summed E-state index contributed by atoms with van der Waals surface area (Å²) >= 11 is 0. The monoisotopic (exact) mass is 492 g/mol. The normalized spacial score (nSPS) is 10.8. The molecule has 6 aromatic carbocycles. The Hall–Kier alpha value is -5.22. The van der Waals surface area contributed by atoms with E-state index in [2.05, 4.69) is 89.5 Å². The maximum atomic E-state index is 6.00. The molecule has 0 aromatic heterocycles. The van der Waals surface area contributed by atoms with Crippen LogP contribution in [0, 0.1) is 0 Å². The van der Waals surface area contributed by atoms with E-state index >= 15 is 0 Å². The fourth-order valence-electron chi connectivity index (χ4n) is 4.83. The first-order valence-electron chi connectivity index (χ1n) is 12.6. The lowest BCUT2D eigenvalue weighted by Crippen LogP contribution is -2.03. The molecule has 0 radical (unpaired) electrons. The SMILES string of the molecule is Nc1ccc(Nc2c(-c3ccccc3)ccc(-c3cccc4ccccc34)c2Nc2ccc(N)cc2)cc1. The molecule has 0 heterocycles. The predicted octanol–water partition coefficient (Wildman–Crippen LogP) is 8.83. The van der Waals surface area contributed by atoms with E-state index in [-0.39, 0.29) is 0 Å². The van der Waals surface area contributed by atoms with Crippen molar-refractivity contribution in [3.63, 3.8) is 0 Å². The summed E-state index contributed by atoms with van der Waals surface area (Å²) in [7, 11) is 0. The number of benzene rings is 6. The summed E-state index contributed by atoms with van der Waals surface area (Å²) in [5.74, 6) is 0. The molecule has 0 saturated carbocycles. The summed E-state index contributed by atoms with van der Waals surface area (Å²) in [5, 5.41) is 9.84. The van der Waals surface area contributed by atoms with Gasteiger partial charge in [-0.15, -0.1) is 0 Å². The molecule has 0 bridgehead atoms. The molecule has 4 nitrogen and oxygen atoms in total. The van der Waals surface area contributed by atoms with Gasteiger partial charge >= 0.3 is 0 Å². The highest BCUT2D eigenvalue weighted by Gasteiger charge is 2.18. The molecule has 0 unspecified atom stereocenters. The van der Waals surface area contributed by atoms with E-state index in [4.69, 9.17) is 11.5 Å². The van der Waals surface area contributed by atoms with E-state index < -0.39 is 0 Å². The molecule has 0 aliphatic rings. The van der Waals surface area contributed by atoms with Crippen LogP contribution in [-0.4, -0.2) is 0 Å². The highest BCUT2D eigenvalue weighted by molar-refractivity contribution is 6.05. The number of nitrogens with two attached hydrogens (primary N) is 2. The van der Waals surface area contributed by atoms with Crippen molar-refractivity contribution in [1.29, 1.82) is 0 Å². The number of fused-ring (bicyclic) bond motifs is 1. The summed E-state index contributed by atoms with van der Waals surface area (Å²) in [4.78, 5) is 0. The van der Waals surface area contributed by atoms with Gasteiger partial charge in [0.2, 0.25) is 0 Å². The molecule has 0 aliphatic heterocycles. The van der Waals surface area contributed by atoms with Crippen molar-refractivity contribution in [3.8, 4) is 22.3 Å². The summed E-state index contributed by atoms with van der Waals surface area (Å²) < 4.78 is 0. The summed E-state index contributed by atoms with van der Waals surface area (Å²) in [6.07, 6.45) is 0. The van der Waals surface area contributed by atoms with E-state index in [1.165, 1.54) is 10.8 Å². The van der Waals surface area contributed by atoms with Crippen LogP contribution in [0.2, 0.25) is 0 Å². The standard InChI is InChI=1S/C34H28N4/c35-25-13-17-27(18-14-25)37-33-30(24-7-2-1-3-8-24)21-22-32(34(33)38-28-19-15-26(36)16-20-28)31-12-6-10-23-9-4-5-11-29(23)31/h1-22,37-38H,35-36H2. The third-order valence-electron chi connectivity index (χ3n) is 6.73. The van der Waals surface area contributed by atoms with Gasteiger partial charge in [-0.05, 0) is 70.4 Å². The maximum Gasteiger partial charge on any atom is 0.0709 e. The van der Waals surface area contributed by atoms with E-state index in [0.29, 0.717) is 0 Å². The van der Waals surface area contributed by atoms with Gasteiger partial charge in [-0.1, -0.05) is 84.9 Å².